The lowest BCUT2D eigenvalue weighted by molar-refractivity contribution is -0.140. The number of carbonyl (C=O) groups is 4. The lowest BCUT2D eigenvalue weighted by Crippen LogP contribution is -2.32. The first-order valence-corrected chi connectivity index (χ1v) is 14.4. The highest BCUT2D eigenvalue weighted by molar-refractivity contribution is 6.06. The Kier molecular flexibility index (Phi) is 9.61. The average molecular weight is 549 g/mol. The molecule has 0 spiro atoms. The zero-order chi connectivity index (χ0) is 28.8. The number of likely N-dealkylation sites (tertiary alicyclic amines) is 2. The van der Waals surface area contributed by atoms with E-state index in [4.69, 9.17) is 9.47 Å². The molecule has 0 bridgehead atoms. The van der Waals surface area contributed by atoms with Gasteiger partial charge in [0.05, 0.1) is 24.0 Å². The van der Waals surface area contributed by atoms with Crippen molar-refractivity contribution in [2.45, 2.75) is 90.3 Å². The monoisotopic (exact) mass is 548 g/mol. The summed E-state index contributed by atoms with van der Waals surface area (Å²) in [5, 5.41) is 0. The summed E-state index contributed by atoms with van der Waals surface area (Å²) in [6, 6.07) is 14.8. The van der Waals surface area contributed by atoms with E-state index in [2.05, 4.69) is 0 Å². The zero-order valence-corrected chi connectivity index (χ0v) is 23.9. The van der Waals surface area contributed by atoms with Crippen LogP contribution < -0.4 is 9.47 Å². The summed E-state index contributed by atoms with van der Waals surface area (Å²) < 4.78 is 11.3. The van der Waals surface area contributed by atoms with Gasteiger partial charge in [-0.25, -0.2) is 0 Å². The number of hydrogen-bond donors (Lipinski definition) is 0. The second-order valence-electron chi connectivity index (χ2n) is 11.2. The Bertz CT molecular complexity index is 1110. The zero-order valence-electron chi connectivity index (χ0n) is 23.9. The Morgan fingerprint density at radius 3 is 1.27 bits per heavy atom. The van der Waals surface area contributed by atoms with Crippen molar-refractivity contribution < 1.29 is 28.7 Å². The standard InChI is InChI=1S/C32H40N2O6/c1-21(2)39-25-13-9-23(10-14-25)27-19-29(35)33(31(27)37)17-7-5-6-8-18-34-30(36)20-28(32(34)38)24-11-15-26(16-12-24)40-22(3)4/h9-16,21-22,27-28H,5-8,17-20H2,1-4H3/t27-,28-/m0/s1. The van der Waals surface area contributed by atoms with E-state index < -0.39 is 11.8 Å². The molecular formula is C32H40N2O6. The molecule has 0 saturated carbocycles. The lowest BCUT2D eigenvalue weighted by Gasteiger charge is -2.17. The van der Waals surface area contributed by atoms with E-state index in [0.717, 1.165) is 35.5 Å². The van der Waals surface area contributed by atoms with Crippen molar-refractivity contribution in [3.05, 3.63) is 59.7 Å². The molecule has 8 nitrogen and oxygen atoms in total. The van der Waals surface area contributed by atoms with Gasteiger partial charge in [-0.15, -0.1) is 0 Å². The minimum absolute atomic E-state index is 0.0672. The van der Waals surface area contributed by atoms with E-state index in [1.165, 1.54) is 9.80 Å². The van der Waals surface area contributed by atoms with Crippen molar-refractivity contribution in [3.8, 4) is 11.5 Å². The molecular weight excluding hydrogens is 508 g/mol. The molecule has 0 N–H and O–H groups in total. The fourth-order valence-corrected chi connectivity index (χ4v) is 5.35. The maximum atomic E-state index is 12.9. The second-order valence-corrected chi connectivity index (χ2v) is 11.2. The number of nitrogens with zero attached hydrogens (tertiary/aromatic N) is 2. The number of hydrogen-bond acceptors (Lipinski definition) is 6. The van der Waals surface area contributed by atoms with Gasteiger partial charge in [0.25, 0.3) is 0 Å². The van der Waals surface area contributed by atoms with Gasteiger partial charge in [-0.2, -0.15) is 0 Å². The minimum atomic E-state index is -0.445. The molecule has 4 rings (SSSR count). The van der Waals surface area contributed by atoms with Crippen LogP contribution in [0.3, 0.4) is 0 Å². The Morgan fingerprint density at radius 2 is 0.950 bits per heavy atom. The molecule has 2 saturated heterocycles. The van der Waals surface area contributed by atoms with Crippen molar-refractivity contribution in [2.24, 2.45) is 0 Å². The third-order valence-corrected chi connectivity index (χ3v) is 7.31. The highest BCUT2D eigenvalue weighted by atomic mass is 16.5. The molecule has 8 heteroatoms. The van der Waals surface area contributed by atoms with Crippen molar-refractivity contribution in [3.63, 3.8) is 0 Å². The molecule has 0 unspecified atom stereocenters. The molecule has 2 aromatic carbocycles. The van der Waals surface area contributed by atoms with Crippen LogP contribution in [0.15, 0.2) is 48.5 Å². The van der Waals surface area contributed by atoms with E-state index in [0.29, 0.717) is 25.9 Å². The highest BCUT2D eigenvalue weighted by Crippen LogP contribution is 2.32. The molecule has 2 aromatic rings. The molecule has 2 heterocycles. The molecule has 2 fully saturated rings. The maximum Gasteiger partial charge on any atom is 0.237 e. The summed E-state index contributed by atoms with van der Waals surface area (Å²) in [4.78, 5) is 53.7. The first-order valence-electron chi connectivity index (χ1n) is 14.4. The summed E-state index contributed by atoms with van der Waals surface area (Å²) in [6.07, 6.45) is 3.52. The number of imide groups is 2. The topological polar surface area (TPSA) is 93.2 Å². The van der Waals surface area contributed by atoms with Crippen LogP contribution in [-0.4, -0.2) is 58.7 Å². The molecule has 0 aromatic heterocycles. The fourth-order valence-electron chi connectivity index (χ4n) is 5.35. The first-order chi connectivity index (χ1) is 19.1. The highest BCUT2D eigenvalue weighted by Gasteiger charge is 2.40. The van der Waals surface area contributed by atoms with Gasteiger partial charge in [-0.1, -0.05) is 37.1 Å². The number of ether oxygens (including phenoxy) is 2. The quantitative estimate of drug-likeness (QED) is 0.252. The first kappa shape index (κ1) is 29.3. The normalized spacial score (nSPS) is 19.4. The number of carbonyl (C=O) groups excluding carboxylic acids is 4. The maximum absolute atomic E-state index is 12.9. The molecule has 0 radical (unpaired) electrons. The number of amides is 4. The van der Waals surface area contributed by atoms with Gasteiger partial charge < -0.3 is 9.47 Å². The molecule has 2 aliphatic rings. The smallest absolute Gasteiger partial charge is 0.237 e. The summed E-state index contributed by atoms with van der Waals surface area (Å²) in [5.74, 6) is 0.0222. The largest absolute Gasteiger partial charge is 0.491 e. The molecule has 2 aliphatic heterocycles. The van der Waals surface area contributed by atoms with Gasteiger partial charge in [0.15, 0.2) is 0 Å². The number of unbranched alkanes of at least 4 members (excludes halogenated alkanes) is 3. The predicted octanol–water partition coefficient (Wildman–Crippen LogP) is 5.21. The lowest BCUT2D eigenvalue weighted by atomic mass is 9.97. The van der Waals surface area contributed by atoms with Crippen molar-refractivity contribution in [1.29, 1.82) is 0 Å². The molecule has 4 amide bonds. The van der Waals surface area contributed by atoms with E-state index in [1.807, 2.05) is 76.2 Å². The minimum Gasteiger partial charge on any atom is -0.491 e. The van der Waals surface area contributed by atoms with Crippen LogP contribution in [0.1, 0.15) is 89.2 Å². The summed E-state index contributed by atoms with van der Waals surface area (Å²) in [7, 11) is 0. The Morgan fingerprint density at radius 1 is 0.600 bits per heavy atom. The van der Waals surface area contributed by atoms with Crippen molar-refractivity contribution >= 4 is 23.6 Å². The molecule has 2 atom stereocenters. The van der Waals surface area contributed by atoms with Crippen LogP contribution in [-0.2, 0) is 19.2 Å². The van der Waals surface area contributed by atoms with Crippen LogP contribution in [0.5, 0.6) is 11.5 Å². The van der Waals surface area contributed by atoms with E-state index in [9.17, 15) is 19.2 Å². The van der Waals surface area contributed by atoms with Crippen LogP contribution in [0, 0.1) is 0 Å². The third-order valence-electron chi connectivity index (χ3n) is 7.31. The van der Waals surface area contributed by atoms with Crippen LogP contribution in [0.4, 0.5) is 0 Å². The van der Waals surface area contributed by atoms with Crippen molar-refractivity contribution in [2.75, 3.05) is 13.1 Å². The molecule has 0 aliphatic carbocycles. The third kappa shape index (κ3) is 7.09. The van der Waals surface area contributed by atoms with Gasteiger partial charge >= 0.3 is 0 Å². The van der Waals surface area contributed by atoms with Gasteiger partial charge in [0.2, 0.25) is 23.6 Å². The van der Waals surface area contributed by atoms with Crippen LogP contribution >= 0.6 is 0 Å². The van der Waals surface area contributed by atoms with E-state index in [-0.39, 0.29) is 48.7 Å². The van der Waals surface area contributed by atoms with E-state index in [1.54, 1.807) is 0 Å². The Labute approximate surface area is 236 Å². The summed E-state index contributed by atoms with van der Waals surface area (Å²) in [6.45, 7) is 8.60. The predicted molar refractivity (Wildman–Crippen MR) is 151 cm³/mol. The summed E-state index contributed by atoms with van der Waals surface area (Å²) >= 11 is 0. The van der Waals surface area contributed by atoms with E-state index >= 15 is 0 Å². The Hall–Kier alpha value is -3.68. The number of rotatable bonds is 13. The molecule has 214 valence electrons. The fraction of sp³-hybridized carbons (Fsp3) is 0.500. The van der Waals surface area contributed by atoms with Gasteiger partial charge in [-0.3, -0.25) is 29.0 Å². The number of benzene rings is 2. The van der Waals surface area contributed by atoms with Crippen LogP contribution in [0.25, 0.3) is 0 Å². The average Bonchev–Trinajstić information content (AvgIpc) is 3.35. The van der Waals surface area contributed by atoms with Gasteiger partial charge in [0.1, 0.15) is 11.5 Å². The summed E-state index contributed by atoms with van der Waals surface area (Å²) in [5.41, 5.74) is 1.66. The molecule has 40 heavy (non-hydrogen) atoms. The van der Waals surface area contributed by atoms with Gasteiger partial charge in [0, 0.05) is 25.9 Å². The van der Waals surface area contributed by atoms with Crippen molar-refractivity contribution in [1.82, 2.24) is 9.80 Å². The van der Waals surface area contributed by atoms with Crippen LogP contribution in [0.2, 0.25) is 0 Å². The van der Waals surface area contributed by atoms with Gasteiger partial charge in [-0.05, 0) is 75.9 Å². The second kappa shape index (κ2) is 13.1. The SMILES string of the molecule is CC(C)Oc1ccc([C@@H]2CC(=O)N(CCCCCCN3C(=O)C[C@@H](c4ccc(OC(C)C)cc4)C3=O)C2=O)cc1. The Balaban J connectivity index is 1.18.